The van der Waals surface area contributed by atoms with Gasteiger partial charge in [0.2, 0.25) is 0 Å². The topological polar surface area (TPSA) is 88.6 Å². The fourth-order valence-electron chi connectivity index (χ4n) is 5.63. The molecule has 2 heterocycles. The Balaban J connectivity index is 1.26. The van der Waals surface area contributed by atoms with Crippen LogP contribution in [0.4, 0.5) is 20.6 Å². The average molecular weight is 504 g/mol. The zero-order valence-electron chi connectivity index (χ0n) is 20.5. The number of nitrogens with zero attached hydrogens (tertiary/aromatic N) is 3. The molecule has 2 aliphatic heterocycles. The van der Waals surface area contributed by atoms with Gasteiger partial charge in [0.05, 0.1) is 43.6 Å². The molecular formula is C26H34FN3O6. The van der Waals surface area contributed by atoms with E-state index in [2.05, 4.69) is 0 Å². The molecule has 1 atom stereocenters. The van der Waals surface area contributed by atoms with Crippen molar-refractivity contribution in [3.8, 4) is 0 Å². The maximum atomic E-state index is 14.9. The second-order valence-corrected chi connectivity index (χ2v) is 10.1. The van der Waals surface area contributed by atoms with Gasteiger partial charge in [-0.15, -0.1) is 0 Å². The monoisotopic (exact) mass is 503 g/mol. The number of halogens is 1. The van der Waals surface area contributed by atoms with Gasteiger partial charge >= 0.3 is 12.1 Å². The molecule has 1 aromatic rings. The SMILES string of the molecule is O=C(ON(C[C@H]1CN(c2ccc(N3CCOCC3)c(F)c2)C(=O)O1)C(=O)C1CCCC1)C1CCCC1. The summed E-state index contributed by atoms with van der Waals surface area (Å²) in [7, 11) is 0. The molecule has 2 aliphatic carbocycles. The maximum absolute atomic E-state index is 14.9. The molecule has 0 bridgehead atoms. The quantitative estimate of drug-likeness (QED) is 0.548. The number of hydroxylamine groups is 2. The van der Waals surface area contributed by atoms with E-state index in [0.717, 1.165) is 56.4 Å². The van der Waals surface area contributed by atoms with Crippen LogP contribution in [-0.4, -0.2) is 68.5 Å². The average Bonchev–Trinajstić information content (AvgIpc) is 3.66. The number of carbonyl (C=O) groups excluding carboxylic acids is 3. The van der Waals surface area contributed by atoms with E-state index in [1.807, 2.05) is 4.90 Å². The molecule has 5 rings (SSSR count). The number of amides is 2. The largest absolute Gasteiger partial charge is 0.442 e. The summed E-state index contributed by atoms with van der Waals surface area (Å²) in [6, 6.07) is 4.69. The minimum absolute atomic E-state index is 0.0373. The first-order chi connectivity index (χ1) is 17.5. The van der Waals surface area contributed by atoms with Gasteiger partial charge in [-0.25, -0.2) is 14.0 Å². The van der Waals surface area contributed by atoms with Crippen molar-refractivity contribution in [2.45, 2.75) is 57.5 Å². The van der Waals surface area contributed by atoms with E-state index in [0.29, 0.717) is 37.7 Å². The van der Waals surface area contributed by atoms with Gasteiger partial charge in [-0.3, -0.25) is 9.69 Å². The highest BCUT2D eigenvalue weighted by Crippen LogP contribution is 2.31. The van der Waals surface area contributed by atoms with Crippen LogP contribution < -0.4 is 9.80 Å². The second kappa shape index (κ2) is 11.0. The van der Waals surface area contributed by atoms with Crippen molar-refractivity contribution in [3.05, 3.63) is 24.0 Å². The Hall–Kier alpha value is -2.88. The summed E-state index contributed by atoms with van der Waals surface area (Å²) < 4.78 is 25.8. The Kier molecular flexibility index (Phi) is 7.59. The van der Waals surface area contributed by atoms with E-state index in [1.165, 1.54) is 11.0 Å². The van der Waals surface area contributed by atoms with Crippen LogP contribution in [0, 0.1) is 17.7 Å². The van der Waals surface area contributed by atoms with Crippen LogP contribution in [0.2, 0.25) is 0 Å². The summed E-state index contributed by atoms with van der Waals surface area (Å²) in [6.07, 6.45) is 5.65. The first-order valence-corrected chi connectivity index (χ1v) is 13.1. The van der Waals surface area contributed by atoms with Crippen molar-refractivity contribution in [2.75, 3.05) is 49.2 Å². The van der Waals surface area contributed by atoms with Crippen molar-refractivity contribution in [3.63, 3.8) is 0 Å². The van der Waals surface area contributed by atoms with Crippen molar-refractivity contribution >= 4 is 29.3 Å². The van der Waals surface area contributed by atoms with Gasteiger partial charge in [0.25, 0.3) is 5.91 Å². The van der Waals surface area contributed by atoms with E-state index in [1.54, 1.807) is 12.1 Å². The van der Waals surface area contributed by atoms with Gasteiger partial charge in [0, 0.05) is 19.0 Å². The predicted molar refractivity (Wildman–Crippen MR) is 129 cm³/mol. The first kappa shape index (κ1) is 24.8. The number of cyclic esters (lactones) is 1. The fraction of sp³-hybridized carbons (Fsp3) is 0.654. The van der Waals surface area contributed by atoms with Crippen molar-refractivity contribution in [1.82, 2.24) is 5.06 Å². The van der Waals surface area contributed by atoms with Crippen LogP contribution in [0.1, 0.15) is 51.4 Å². The van der Waals surface area contributed by atoms with Gasteiger partial charge in [0.1, 0.15) is 11.9 Å². The number of hydrogen-bond acceptors (Lipinski definition) is 7. The van der Waals surface area contributed by atoms with Crippen molar-refractivity contribution in [1.29, 1.82) is 0 Å². The van der Waals surface area contributed by atoms with Gasteiger partial charge < -0.3 is 19.2 Å². The molecule has 10 heteroatoms. The number of carbonyl (C=O) groups is 3. The van der Waals surface area contributed by atoms with Crippen LogP contribution in [-0.2, 0) is 23.9 Å². The van der Waals surface area contributed by atoms with Gasteiger partial charge in [-0.2, -0.15) is 5.06 Å². The van der Waals surface area contributed by atoms with Crippen molar-refractivity contribution < 1.29 is 33.1 Å². The molecule has 9 nitrogen and oxygen atoms in total. The third kappa shape index (κ3) is 5.43. The van der Waals surface area contributed by atoms with Gasteiger partial charge in [-0.05, 0) is 43.9 Å². The molecule has 0 N–H and O–H groups in total. The summed E-state index contributed by atoms with van der Waals surface area (Å²) in [4.78, 5) is 47.4. The molecule has 2 saturated carbocycles. The Morgan fingerprint density at radius 3 is 2.36 bits per heavy atom. The van der Waals surface area contributed by atoms with E-state index >= 15 is 0 Å². The standard InChI is InChI=1S/C26H34FN3O6/c27-22-15-20(9-10-23(22)28-11-13-34-14-12-28)29-16-21(35-26(29)33)17-30(24(31)18-5-1-2-6-18)36-25(32)19-7-3-4-8-19/h9-10,15,18-19,21H,1-8,11-14,16-17H2/t21-/m1/s1. The van der Waals surface area contributed by atoms with E-state index in [-0.39, 0.29) is 36.8 Å². The third-order valence-electron chi connectivity index (χ3n) is 7.68. The van der Waals surface area contributed by atoms with Crippen LogP contribution >= 0.6 is 0 Å². The third-order valence-corrected chi connectivity index (χ3v) is 7.68. The van der Waals surface area contributed by atoms with Gasteiger partial charge in [-0.1, -0.05) is 25.7 Å². The number of rotatable bonds is 6. The van der Waals surface area contributed by atoms with Gasteiger partial charge in [0.15, 0.2) is 0 Å². The zero-order valence-corrected chi connectivity index (χ0v) is 20.5. The lowest BCUT2D eigenvalue weighted by Gasteiger charge is -2.29. The Morgan fingerprint density at radius 1 is 1.03 bits per heavy atom. The summed E-state index contributed by atoms with van der Waals surface area (Å²) in [6.45, 7) is 2.39. The summed E-state index contributed by atoms with van der Waals surface area (Å²) in [5.41, 5.74) is 0.854. The lowest BCUT2D eigenvalue weighted by molar-refractivity contribution is -0.207. The smallest absolute Gasteiger partial charge is 0.414 e. The minimum atomic E-state index is -0.693. The fourth-order valence-corrected chi connectivity index (χ4v) is 5.63. The molecular weight excluding hydrogens is 469 g/mol. The molecule has 2 amide bonds. The highest BCUT2D eigenvalue weighted by atomic mass is 19.1. The van der Waals surface area contributed by atoms with Crippen LogP contribution in [0.15, 0.2) is 18.2 Å². The summed E-state index contributed by atoms with van der Waals surface area (Å²) in [5.74, 6) is -1.42. The molecule has 0 unspecified atom stereocenters. The number of hydrogen-bond donors (Lipinski definition) is 0. The minimum Gasteiger partial charge on any atom is -0.442 e. The second-order valence-electron chi connectivity index (χ2n) is 10.1. The lowest BCUT2D eigenvalue weighted by Crippen LogP contribution is -2.43. The summed E-state index contributed by atoms with van der Waals surface area (Å²) >= 11 is 0. The Labute approximate surface area is 210 Å². The van der Waals surface area contributed by atoms with E-state index < -0.39 is 18.0 Å². The Morgan fingerprint density at radius 2 is 1.69 bits per heavy atom. The molecule has 0 radical (unpaired) electrons. The molecule has 0 spiro atoms. The normalized spacial score (nSPS) is 23.2. The molecule has 4 aliphatic rings. The maximum Gasteiger partial charge on any atom is 0.414 e. The predicted octanol–water partition coefficient (Wildman–Crippen LogP) is 3.65. The molecule has 36 heavy (non-hydrogen) atoms. The van der Waals surface area contributed by atoms with Crippen molar-refractivity contribution in [2.24, 2.45) is 11.8 Å². The first-order valence-electron chi connectivity index (χ1n) is 13.1. The molecule has 0 aromatic heterocycles. The highest BCUT2D eigenvalue weighted by Gasteiger charge is 2.39. The molecule has 2 saturated heterocycles. The highest BCUT2D eigenvalue weighted by molar-refractivity contribution is 5.90. The van der Waals surface area contributed by atoms with Crippen LogP contribution in [0.3, 0.4) is 0 Å². The lowest BCUT2D eigenvalue weighted by atomic mass is 10.1. The molecule has 1 aromatic carbocycles. The van der Waals surface area contributed by atoms with E-state index in [4.69, 9.17) is 14.3 Å². The number of morpholine rings is 1. The van der Waals surface area contributed by atoms with E-state index in [9.17, 15) is 18.8 Å². The number of ether oxygens (including phenoxy) is 2. The van der Waals surface area contributed by atoms with Crippen LogP contribution in [0.25, 0.3) is 0 Å². The van der Waals surface area contributed by atoms with Crippen LogP contribution in [0.5, 0.6) is 0 Å². The number of anilines is 2. The molecule has 196 valence electrons. The summed E-state index contributed by atoms with van der Waals surface area (Å²) in [5, 5.41) is 1.13. The zero-order chi connectivity index (χ0) is 25.1. The molecule has 4 fully saturated rings. The Bertz CT molecular complexity index is 972. The number of benzene rings is 1.